The molecule has 2 aromatic rings. The second-order valence-electron chi connectivity index (χ2n) is 3.95. The Bertz CT molecular complexity index is 659. The highest BCUT2D eigenvalue weighted by atomic mass is 19.4. The lowest BCUT2D eigenvalue weighted by Gasteiger charge is -2.10. The fourth-order valence-corrected chi connectivity index (χ4v) is 1.73. The predicted octanol–water partition coefficient (Wildman–Crippen LogP) is 3.08. The van der Waals surface area contributed by atoms with Crippen LogP contribution in [0.25, 0.3) is 11.0 Å². The number of aromatic nitrogens is 2. The monoisotopic (exact) mass is 278 g/mol. The Morgan fingerprint density at radius 2 is 1.84 bits per heavy atom. The van der Waals surface area contributed by atoms with E-state index in [0.717, 1.165) is 6.92 Å². The molecule has 1 aromatic heterocycles. The first-order chi connectivity index (χ1) is 8.69. The number of hydrogen-bond donors (Lipinski definition) is 0. The SMILES string of the molecule is CC(=O)c1nc2cc(F)c(F)cc2n1CC(F)(F)F. The average molecular weight is 278 g/mol. The van der Waals surface area contributed by atoms with Crippen LogP contribution in [0, 0.1) is 11.6 Å². The Morgan fingerprint density at radius 1 is 1.26 bits per heavy atom. The molecule has 0 N–H and O–H groups in total. The molecule has 19 heavy (non-hydrogen) atoms. The lowest BCUT2D eigenvalue weighted by Crippen LogP contribution is -2.20. The Kier molecular flexibility index (Phi) is 3.03. The molecule has 1 aromatic carbocycles. The van der Waals surface area contributed by atoms with Crippen LogP contribution in [0.5, 0.6) is 0 Å². The van der Waals surface area contributed by atoms with Gasteiger partial charge in [-0.1, -0.05) is 0 Å². The summed E-state index contributed by atoms with van der Waals surface area (Å²) in [6.07, 6.45) is -4.61. The van der Waals surface area contributed by atoms with Gasteiger partial charge in [-0.3, -0.25) is 4.79 Å². The first kappa shape index (κ1) is 13.4. The van der Waals surface area contributed by atoms with E-state index in [-0.39, 0.29) is 11.0 Å². The van der Waals surface area contributed by atoms with Crippen molar-refractivity contribution in [1.82, 2.24) is 9.55 Å². The number of fused-ring (bicyclic) bond motifs is 1. The number of hydrogen-bond acceptors (Lipinski definition) is 2. The smallest absolute Gasteiger partial charge is 0.312 e. The van der Waals surface area contributed by atoms with E-state index in [1.807, 2.05) is 0 Å². The fraction of sp³-hybridized carbons (Fsp3) is 0.273. The van der Waals surface area contributed by atoms with Gasteiger partial charge >= 0.3 is 6.18 Å². The number of halogens is 5. The van der Waals surface area contributed by atoms with Crippen molar-refractivity contribution in [2.75, 3.05) is 0 Å². The maximum atomic E-state index is 13.1. The molecule has 0 amide bonds. The van der Waals surface area contributed by atoms with Crippen LogP contribution in [-0.4, -0.2) is 21.5 Å². The van der Waals surface area contributed by atoms with E-state index in [1.54, 1.807) is 0 Å². The Hall–Kier alpha value is -1.99. The second-order valence-corrected chi connectivity index (χ2v) is 3.95. The summed E-state index contributed by atoms with van der Waals surface area (Å²) < 4.78 is 63.9. The highest BCUT2D eigenvalue weighted by Crippen LogP contribution is 2.25. The van der Waals surface area contributed by atoms with Gasteiger partial charge in [-0.05, 0) is 0 Å². The minimum atomic E-state index is -4.61. The van der Waals surface area contributed by atoms with Crippen LogP contribution in [-0.2, 0) is 6.54 Å². The number of imidazole rings is 1. The van der Waals surface area contributed by atoms with Crippen LogP contribution in [0.3, 0.4) is 0 Å². The Labute approximate surface area is 103 Å². The van der Waals surface area contributed by atoms with E-state index in [1.165, 1.54) is 0 Å². The second kappa shape index (κ2) is 4.29. The maximum Gasteiger partial charge on any atom is 0.406 e. The molecular formula is C11H7F5N2O. The molecule has 1 heterocycles. The third-order valence-corrected chi connectivity index (χ3v) is 2.44. The quantitative estimate of drug-likeness (QED) is 0.625. The van der Waals surface area contributed by atoms with Gasteiger partial charge < -0.3 is 4.57 Å². The summed E-state index contributed by atoms with van der Waals surface area (Å²) in [6.45, 7) is -0.468. The van der Waals surface area contributed by atoms with Crippen molar-refractivity contribution in [2.24, 2.45) is 0 Å². The van der Waals surface area contributed by atoms with Crippen LogP contribution in [0.15, 0.2) is 12.1 Å². The maximum absolute atomic E-state index is 13.1. The average Bonchev–Trinajstić information content (AvgIpc) is 2.56. The molecule has 0 aliphatic rings. The van der Waals surface area contributed by atoms with Gasteiger partial charge in [-0.2, -0.15) is 13.2 Å². The number of carbonyl (C=O) groups is 1. The number of benzene rings is 1. The van der Waals surface area contributed by atoms with Gasteiger partial charge in [-0.15, -0.1) is 0 Å². The van der Waals surface area contributed by atoms with Crippen molar-refractivity contribution < 1.29 is 26.7 Å². The minimum Gasteiger partial charge on any atom is -0.312 e. The lowest BCUT2D eigenvalue weighted by molar-refractivity contribution is -0.140. The predicted molar refractivity (Wildman–Crippen MR) is 55.7 cm³/mol. The molecule has 0 spiro atoms. The largest absolute Gasteiger partial charge is 0.406 e. The highest BCUT2D eigenvalue weighted by Gasteiger charge is 2.31. The molecule has 8 heteroatoms. The van der Waals surface area contributed by atoms with Gasteiger partial charge in [-0.25, -0.2) is 13.8 Å². The number of nitrogens with zero attached hydrogens (tertiary/aromatic N) is 2. The van der Waals surface area contributed by atoms with Crippen LogP contribution >= 0.6 is 0 Å². The zero-order valence-corrected chi connectivity index (χ0v) is 9.55. The standard InChI is InChI=1S/C11H7F5N2O/c1-5(19)10-17-8-2-6(12)7(13)3-9(8)18(10)4-11(14,15)16/h2-3H,4H2,1H3. The molecule has 102 valence electrons. The van der Waals surface area contributed by atoms with Crippen molar-refractivity contribution in [3.8, 4) is 0 Å². The molecule has 0 saturated heterocycles. The molecule has 0 bridgehead atoms. The Balaban J connectivity index is 2.73. The van der Waals surface area contributed by atoms with Crippen LogP contribution in [0.1, 0.15) is 17.5 Å². The summed E-state index contributed by atoms with van der Waals surface area (Å²) in [5.41, 5.74) is -0.477. The van der Waals surface area contributed by atoms with Crippen molar-refractivity contribution in [3.63, 3.8) is 0 Å². The van der Waals surface area contributed by atoms with E-state index < -0.39 is 36.0 Å². The Morgan fingerprint density at radius 3 is 2.37 bits per heavy atom. The number of carbonyl (C=O) groups excluding carboxylic acids is 1. The summed E-state index contributed by atoms with van der Waals surface area (Å²) in [7, 11) is 0. The molecular weight excluding hydrogens is 271 g/mol. The van der Waals surface area contributed by atoms with Crippen molar-refractivity contribution in [1.29, 1.82) is 0 Å². The van der Waals surface area contributed by atoms with Crippen LogP contribution in [0.2, 0.25) is 0 Å². The van der Waals surface area contributed by atoms with E-state index in [4.69, 9.17) is 0 Å². The van der Waals surface area contributed by atoms with Gasteiger partial charge in [0.2, 0.25) is 0 Å². The van der Waals surface area contributed by atoms with Crippen molar-refractivity contribution >= 4 is 16.8 Å². The van der Waals surface area contributed by atoms with Gasteiger partial charge in [0.1, 0.15) is 6.54 Å². The molecule has 0 unspecified atom stereocenters. The summed E-state index contributed by atoms with van der Waals surface area (Å²) >= 11 is 0. The highest BCUT2D eigenvalue weighted by molar-refractivity contribution is 5.94. The van der Waals surface area contributed by atoms with Gasteiger partial charge in [0.15, 0.2) is 23.2 Å². The van der Waals surface area contributed by atoms with E-state index in [9.17, 15) is 26.7 Å². The third-order valence-electron chi connectivity index (χ3n) is 2.44. The van der Waals surface area contributed by atoms with Gasteiger partial charge in [0, 0.05) is 19.1 Å². The lowest BCUT2D eigenvalue weighted by atomic mass is 10.3. The summed E-state index contributed by atoms with van der Waals surface area (Å²) in [5, 5.41) is 0. The molecule has 0 radical (unpaired) electrons. The van der Waals surface area contributed by atoms with E-state index >= 15 is 0 Å². The summed E-state index contributed by atoms with van der Waals surface area (Å²) in [4.78, 5) is 14.9. The zero-order valence-electron chi connectivity index (χ0n) is 9.55. The van der Waals surface area contributed by atoms with E-state index in [2.05, 4.69) is 4.98 Å². The van der Waals surface area contributed by atoms with Crippen molar-refractivity contribution in [2.45, 2.75) is 19.6 Å². The number of rotatable bonds is 2. The van der Waals surface area contributed by atoms with Crippen molar-refractivity contribution in [3.05, 3.63) is 29.6 Å². The molecule has 0 aliphatic heterocycles. The minimum absolute atomic E-state index is 0.201. The molecule has 0 saturated carbocycles. The van der Waals surface area contributed by atoms with Crippen LogP contribution < -0.4 is 0 Å². The molecule has 0 atom stereocenters. The molecule has 0 fully saturated rings. The molecule has 2 rings (SSSR count). The third kappa shape index (κ3) is 2.56. The first-order valence-corrected chi connectivity index (χ1v) is 5.12. The normalized spacial score (nSPS) is 12.1. The topological polar surface area (TPSA) is 34.9 Å². The molecule has 3 nitrogen and oxygen atoms in total. The summed E-state index contributed by atoms with van der Waals surface area (Å²) in [5.74, 6) is -3.75. The molecule has 0 aliphatic carbocycles. The first-order valence-electron chi connectivity index (χ1n) is 5.12. The number of ketones is 1. The van der Waals surface area contributed by atoms with Gasteiger partial charge in [0.25, 0.3) is 0 Å². The number of alkyl halides is 3. The zero-order chi connectivity index (χ0) is 14.4. The number of Topliss-reactive ketones (excluding diaryl/α,β-unsaturated/α-hetero) is 1. The summed E-state index contributed by atoms with van der Waals surface area (Å²) in [6, 6.07) is 1.25. The fourth-order valence-electron chi connectivity index (χ4n) is 1.73. The van der Waals surface area contributed by atoms with E-state index in [0.29, 0.717) is 16.7 Å². The van der Waals surface area contributed by atoms with Crippen LogP contribution in [0.4, 0.5) is 22.0 Å². The van der Waals surface area contributed by atoms with Gasteiger partial charge in [0.05, 0.1) is 11.0 Å².